The van der Waals surface area contributed by atoms with E-state index in [0.717, 1.165) is 5.92 Å². The number of hydrogen-bond acceptors (Lipinski definition) is 2. The highest BCUT2D eigenvalue weighted by molar-refractivity contribution is 5.23. The molecule has 1 aliphatic rings. The maximum absolute atomic E-state index is 4.82. The van der Waals surface area contributed by atoms with Crippen LogP contribution in [-0.4, -0.2) is 22.9 Å². The molecule has 1 aliphatic carbocycles. The van der Waals surface area contributed by atoms with Crippen molar-refractivity contribution in [3.05, 3.63) is 17.0 Å². The van der Waals surface area contributed by atoms with Crippen molar-refractivity contribution < 1.29 is 0 Å². The van der Waals surface area contributed by atoms with E-state index in [1.165, 1.54) is 36.2 Å². The van der Waals surface area contributed by atoms with Gasteiger partial charge in [-0.05, 0) is 64.0 Å². The Morgan fingerprint density at radius 3 is 2.25 bits per heavy atom. The monoisotopic (exact) mass is 277 g/mol. The first kappa shape index (κ1) is 15.6. The van der Waals surface area contributed by atoms with Crippen LogP contribution in [0.25, 0.3) is 0 Å². The van der Waals surface area contributed by atoms with Gasteiger partial charge in [0.15, 0.2) is 0 Å². The molecule has 3 unspecified atom stereocenters. The van der Waals surface area contributed by atoms with E-state index in [-0.39, 0.29) is 0 Å². The fourth-order valence-electron chi connectivity index (χ4n) is 3.61. The van der Waals surface area contributed by atoms with Crippen molar-refractivity contribution in [1.82, 2.24) is 15.1 Å². The SMILES string of the molecule is CNC1CCC(C(C)(C)C)CC1n1nc(C)c(C)c1C. The smallest absolute Gasteiger partial charge is 0.0678 e. The summed E-state index contributed by atoms with van der Waals surface area (Å²) in [4.78, 5) is 0. The average molecular weight is 277 g/mol. The van der Waals surface area contributed by atoms with Gasteiger partial charge in [-0.25, -0.2) is 0 Å². The molecule has 0 bridgehead atoms. The fourth-order valence-corrected chi connectivity index (χ4v) is 3.61. The minimum Gasteiger partial charge on any atom is -0.315 e. The summed E-state index contributed by atoms with van der Waals surface area (Å²) < 4.78 is 2.30. The van der Waals surface area contributed by atoms with Crippen LogP contribution < -0.4 is 5.32 Å². The number of hydrogen-bond donors (Lipinski definition) is 1. The Morgan fingerprint density at radius 2 is 1.80 bits per heavy atom. The second-order valence-corrected chi connectivity index (χ2v) is 7.58. The quantitative estimate of drug-likeness (QED) is 0.891. The maximum Gasteiger partial charge on any atom is 0.0678 e. The van der Waals surface area contributed by atoms with Gasteiger partial charge in [0, 0.05) is 11.7 Å². The van der Waals surface area contributed by atoms with Gasteiger partial charge < -0.3 is 5.32 Å². The molecular weight excluding hydrogens is 246 g/mol. The molecule has 0 aromatic carbocycles. The van der Waals surface area contributed by atoms with E-state index < -0.39 is 0 Å². The second-order valence-electron chi connectivity index (χ2n) is 7.58. The number of aryl methyl sites for hydroxylation is 1. The third kappa shape index (κ3) is 2.78. The number of rotatable bonds is 2. The predicted octanol–water partition coefficient (Wildman–Crippen LogP) is 3.78. The van der Waals surface area contributed by atoms with Gasteiger partial charge in [-0.3, -0.25) is 4.68 Å². The Labute approximate surface area is 124 Å². The van der Waals surface area contributed by atoms with Crippen molar-refractivity contribution >= 4 is 0 Å². The van der Waals surface area contributed by atoms with Gasteiger partial charge >= 0.3 is 0 Å². The molecule has 3 heteroatoms. The topological polar surface area (TPSA) is 29.9 Å². The lowest BCUT2D eigenvalue weighted by molar-refractivity contribution is 0.113. The Balaban J connectivity index is 2.32. The van der Waals surface area contributed by atoms with E-state index in [9.17, 15) is 0 Å². The van der Waals surface area contributed by atoms with Crippen LogP contribution in [0.3, 0.4) is 0 Å². The largest absolute Gasteiger partial charge is 0.315 e. The van der Waals surface area contributed by atoms with Gasteiger partial charge in [-0.15, -0.1) is 0 Å². The lowest BCUT2D eigenvalue weighted by atomic mass is 9.69. The van der Waals surface area contributed by atoms with Crippen LogP contribution in [0, 0.1) is 32.1 Å². The van der Waals surface area contributed by atoms with Crippen molar-refractivity contribution in [2.45, 2.75) is 72.9 Å². The van der Waals surface area contributed by atoms with Crippen LogP contribution in [0.5, 0.6) is 0 Å². The maximum atomic E-state index is 4.82. The first-order valence-corrected chi connectivity index (χ1v) is 7.95. The van der Waals surface area contributed by atoms with E-state index in [1.807, 2.05) is 0 Å². The van der Waals surface area contributed by atoms with Crippen LogP contribution in [0.1, 0.15) is 63.0 Å². The summed E-state index contributed by atoms with van der Waals surface area (Å²) in [7, 11) is 2.09. The first-order valence-electron chi connectivity index (χ1n) is 7.95. The van der Waals surface area contributed by atoms with Crippen LogP contribution in [0.2, 0.25) is 0 Å². The molecule has 20 heavy (non-hydrogen) atoms. The van der Waals surface area contributed by atoms with Gasteiger partial charge in [0.1, 0.15) is 0 Å². The summed E-state index contributed by atoms with van der Waals surface area (Å²) in [6.45, 7) is 13.6. The molecular formula is C17H31N3. The van der Waals surface area contributed by atoms with Gasteiger partial charge in [0.05, 0.1) is 11.7 Å². The molecule has 0 amide bonds. The third-order valence-corrected chi connectivity index (χ3v) is 5.41. The molecule has 1 N–H and O–H groups in total. The minimum atomic E-state index is 0.391. The zero-order valence-corrected chi connectivity index (χ0v) is 14.2. The normalized spacial score (nSPS) is 27.9. The molecule has 0 saturated heterocycles. The van der Waals surface area contributed by atoms with Crippen molar-refractivity contribution in [2.75, 3.05) is 7.05 Å². The fraction of sp³-hybridized carbons (Fsp3) is 0.824. The van der Waals surface area contributed by atoms with Crippen LogP contribution >= 0.6 is 0 Å². The van der Waals surface area contributed by atoms with Crippen molar-refractivity contribution in [2.24, 2.45) is 11.3 Å². The highest BCUT2D eigenvalue weighted by Gasteiger charge is 2.37. The average Bonchev–Trinajstić information content (AvgIpc) is 2.64. The van der Waals surface area contributed by atoms with Crippen molar-refractivity contribution in [3.63, 3.8) is 0 Å². The molecule has 0 spiro atoms. The summed E-state index contributed by atoms with van der Waals surface area (Å²) in [6, 6.07) is 1.04. The highest BCUT2D eigenvalue weighted by atomic mass is 15.3. The highest BCUT2D eigenvalue weighted by Crippen LogP contribution is 2.42. The number of aromatic nitrogens is 2. The van der Waals surface area contributed by atoms with E-state index >= 15 is 0 Å². The van der Waals surface area contributed by atoms with Crippen LogP contribution in [0.15, 0.2) is 0 Å². The lowest BCUT2D eigenvalue weighted by Gasteiger charge is -2.42. The minimum absolute atomic E-state index is 0.391. The van der Waals surface area contributed by atoms with Crippen LogP contribution in [-0.2, 0) is 0 Å². The van der Waals surface area contributed by atoms with Crippen molar-refractivity contribution in [1.29, 1.82) is 0 Å². The standard InChI is InChI=1S/C17H31N3/c1-11-12(2)19-20(13(11)3)16-10-14(17(4,5)6)8-9-15(16)18-7/h14-16,18H,8-10H2,1-7H3. The summed E-state index contributed by atoms with van der Waals surface area (Å²) in [5, 5.41) is 8.34. The zero-order chi connectivity index (χ0) is 15.1. The molecule has 0 radical (unpaired) electrons. The van der Waals surface area contributed by atoms with E-state index in [4.69, 9.17) is 5.10 Å². The Morgan fingerprint density at radius 1 is 1.15 bits per heavy atom. The molecule has 1 aromatic heterocycles. The Bertz CT molecular complexity index is 467. The summed E-state index contributed by atoms with van der Waals surface area (Å²) in [5.41, 5.74) is 4.25. The number of nitrogens with zero attached hydrogens (tertiary/aromatic N) is 2. The first-order chi connectivity index (χ1) is 9.25. The summed E-state index contributed by atoms with van der Waals surface area (Å²) in [6.07, 6.45) is 3.81. The molecule has 114 valence electrons. The Kier molecular flexibility index (Phi) is 4.29. The van der Waals surface area contributed by atoms with Crippen molar-refractivity contribution in [3.8, 4) is 0 Å². The number of likely N-dealkylation sites (N-methyl/N-ethyl adjacent to an activating group) is 1. The third-order valence-electron chi connectivity index (χ3n) is 5.41. The zero-order valence-electron chi connectivity index (χ0n) is 14.2. The van der Waals surface area contributed by atoms with E-state index in [1.54, 1.807) is 0 Å². The molecule has 2 rings (SSSR count). The van der Waals surface area contributed by atoms with Gasteiger partial charge in [-0.1, -0.05) is 20.8 Å². The van der Waals surface area contributed by atoms with E-state index in [2.05, 4.69) is 58.6 Å². The molecule has 1 heterocycles. The molecule has 1 fully saturated rings. The molecule has 3 atom stereocenters. The predicted molar refractivity (Wildman–Crippen MR) is 85.1 cm³/mol. The molecule has 3 nitrogen and oxygen atoms in total. The van der Waals surface area contributed by atoms with Crippen LogP contribution in [0.4, 0.5) is 0 Å². The second kappa shape index (κ2) is 5.51. The summed E-state index contributed by atoms with van der Waals surface area (Å²) >= 11 is 0. The van der Waals surface area contributed by atoms with E-state index in [0.29, 0.717) is 17.5 Å². The number of nitrogens with one attached hydrogen (secondary N) is 1. The lowest BCUT2D eigenvalue weighted by Crippen LogP contribution is -2.43. The molecule has 1 saturated carbocycles. The molecule has 0 aliphatic heterocycles. The van der Waals surface area contributed by atoms with Gasteiger partial charge in [0.25, 0.3) is 0 Å². The molecule has 1 aromatic rings. The van der Waals surface area contributed by atoms with Gasteiger partial charge in [-0.2, -0.15) is 5.10 Å². The van der Waals surface area contributed by atoms with Gasteiger partial charge in [0.2, 0.25) is 0 Å². The Hall–Kier alpha value is -0.830. The summed E-state index contributed by atoms with van der Waals surface area (Å²) in [5.74, 6) is 0.779.